The molecule has 18 heavy (non-hydrogen) atoms. The predicted octanol–water partition coefficient (Wildman–Crippen LogP) is 2.00. The fraction of sp³-hybridized carbons (Fsp3) is 0.333. The van der Waals surface area contributed by atoms with Gasteiger partial charge in [-0.15, -0.1) is 0 Å². The third-order valence-corrected chi connectivity index (χ3v) is 3.32. The number of aromatic nitrogens is 2. The number of aliphatic hydroxyl groups is 1. The van der Waals surface area contributed by atoms with Crippen LogP contribution in [0.4, 0.5) is 5.82 Å². The molecule has 2 aromatic heterocycles. The second kappa shape index (κ2) is 5.79. The van der Waals surface area contributed by atoms with E-state index in [2.05, 4.69) is 15.3 Å². The van der Waals surface area contributed by atoms with E-state index in [0.717, 1.165) is 11.1 Å². The lowest BCUT2D eigenvalue weighted by Crippen LogP contribution is -2.13. The van der Waals surface area contributed by atoms with Gasteiger partial charge in [0, 0.05) is 6.54 Å². The molecule has 2 heterocycles. The van der Waals surface area contributed by atoms with E-state index in [1.54, 1.807) is 18.4 Å². The van der Waals surface area contributed by atoms with E-state index in [0.29, 0.717) is 18.2 Å². The van der Waals surface area contributed by atoms with Crippen LogP contribution in [-0.2, 0) is 0 Å². The number of aliphatic hydroxyl groups excluding tert-OH is 1. The van der Waals surface area contributed by atoms with Gasteiger partial charge in [-0.25, -0.2) is 9.97 Å². The number of thiophene rings is 1. The molecule has 5 nitrogen and oxygen atoms in total. The number of nitrogens with zero attached hydrogens (tertiary/aromatic N) is 2. The number of hydrogen-bond acceptors (Lipinski definition) is 6. The zero-order chi connectivity index (χ0) is 13.0. The molecule has 0 aromatic carbocycles. The third kappa shape index (κ3) is 2.77. The van der Waals surface area contributed by atoms with E-state index in [9.17, 15) is 5.11 Å². The van der Waals surface area contributed by atoms with Crippen LogP contribution in [0.5, 0.6) is 5.88 Å². The Kier molecular flexibility index (Phi) is 4.11. The summed E-state index contributed by atoms with van der Waals surface area (Å²) in [5.41, 5.74) is 1.74. The summed E-state index contributed by atoms with van der Waals surface area (Å²) in [6.45, 7) is 2.27. The first-order chi connectivity index (χ1) is 8.72. The highest BCUT2D eigenvalue weighted by Crippen LogP contribution is 2.21. The van der Waals surface area contributed by atoms with Gasteiger partial charge < -0.3 is 15.2 Å². The second-order valence-corrected chi connectivity index (χ2v) is 4.59. The Labute approximate surface area is 109 Å². The first-order valence-corrected chi connectivity index (χ1v) is 6.46. The van der Waals surface area contributed by atoms with Gasteiger partial charge in [-0.3, -0.25) is 0 Å². The van der Waals surface area contributed by atoms with Crippen molar-refractivity contribution in [3.63, 3.8) is 0 Å². The summed E-state index contributed by atoms with van der Waals surface area (Å²) >= 11 is 1.57. The maximum Gasteiger partial charge on any atom is 0.221 e. The summed E-state index contributed by atoms with van der Waals surface area (Å²) in [5, 5.41) is 16.9. The molecule has 0 bridgehead atoms. The second-order valence-electron chi connectivity index (χ2n) is 3.81. The van der Waals surface area contributed by atoms with Gasteiger partial charge in [0.1, 0.15) is 12.1 Å². The third-order valence-electron chi connectivity index (χ3n) is 2.62. The molecule has 0 fully saturated rings. The van der Waals surface area contributed by atoms with Crippen molar-refractivity contribution in [2.45, 2.75) is 13.0 Å². The standard InChI is InChI=1S/C12H15N3O2S/c1-8-11(14-7-15-12(8)17-2)13-5-10(16)9-3-4-18-6-9/h3-4,6-7,10,16H,5H2,1-2H3,(H,13,14,15). The Morgan fingerprint density at radius 2 is 2.33 bits per heavy atom. The SMILES string of the molecule is COc1ncnc(NCC(O)c2ccsc2)c1C. The first-order valence-electron chi connectivity index (χ1n) is 5.52. The lowest BCUT2D eigenvalue weighted by molar-refractivity contribution is 0.192. The molecule has 2 aromatic rings. The van der Waals surface area contributed by atoms with Crippen LogP contribution in [0, 0.1) is 6.92 Å². The molecule has 0 amide bonds. The highest BCUT2D eigenvalue weighted by Gasteiger charge is 2.11. The zero-order valence-corrected chi connectivity index (χ0v) is 11.1. The van der Waals surface area contributed by atoms with Crippen molar-refractivity contribution in [2.24, 2.45) is 0 Å². The Balaban J connectivity index is 2.02. The van der Waals surface area contributed by atoms with E-state index in [1.807, 2.05) is 23.8 Å². The van der Waals surface area contributed by atoms with E-state index < -0.39 is 6.10 Å². The molecule has 0 aliphatic rings. The van der Waals surface area contributed by atoms with Crippen molar-refractivity contribution < 1.29 is 9.84 Å². The van der Waals surface area contributed by atoms with Gasteiger partial charge in [-0.1, -0.05) is 0 Å². The molecule has 0 saturated heterocycles. The first kappa shape index (κ1) is 12.8. The Morgan fingerprint density at radius 1 is 1.50 bits per heavy atom. The van der Waals surface area contributed by atoms with Crippen LogP contribution >= 0.6 is 11.3 Å². The fourth-order valence-electron chi connectivity index (χ4n) is 1.59. The lowest BCUT2D eigenvalue weighted by atomic mass is 10.2. The quantitative estimate of drug-likeness (QED) is 0.865. The number of ether oxygens (including phenoxy) is 1. The molecule has 0 spiro atoms. The average molecular weight is 265 g/mol. The van der Waals surface area contributed by atoms with Crippen molar-refractivity contribution in [3.8, 4) is 5.88 Å². The van der Waals surface area contributed by atoms with Gasteiger partial charge in [0.25, 0.3) is 0 Å². The molecule has 0 saturated carbocycles. The summed E-state index contributed by atoms with van der Waals surface area (Å²) in [4.78, 5) is 8.13. The van der Waals surface area contributed by atoms with Gasteiger partial charge in [-0.05, 0) is 29.3 Å². The van der Waals surface area contributed by atoms with Crippen molar-refractivity contribution in [1.29, 1.82) is 0 Å². The minimum absolute atomic E-state index is 0.401. The highest BCUT2D eigenvalue weighted by molar-refractivity contribution is 7.07. The van der Waals surface area contributed by atoms with Crippen LogP contribution in [0.15, 0.2) is 23.2 Å². The lowest BCUT2D eigenvalue weighted by Gasteiger charge is -2.13. The summed E-state index contributed by atoms with van der Waals surface area (Å²) in [5.74, 6) is 1.22. The smallest absolute Gasteiger partial charge is 0.221 e. The molecule has 0 aliphatic carbocycles. The van der Waals surface area contributed by atoms with Crippen LogP contribution < -0.4 is 10.1 Å². The van der Waals surface area contributed by atoms with Crippen molar-refractivity contribution in [1.82, 2.24) is 9.97 Å². The van der Waals surface area contributed by atoms with Crippen molar-refractivity contribution in [3.05, 3.63) is 34.3 Å². The maximum absolute atomic E-state index is 9.96. The van der Waals surface area contributed by atoms with Crippen LogP contribution in [0.25, 0.3) is 0 Å². The van der Waals surface area contributed by atoms with Gasteiger partial charge >= 0.3 is 0 Å². The highest BCUT2D eigenvalue weighted by atomic mass is 32.1. The Morgan fingerprint density at radius 3 is 3.00 bits per heavy atom. The van der Waals surface area contributed by atoms with Crippen LogP contribution in [0.3, 0.4) is 0 Å². The van der Waals surface area contributed by atoms with Crippen LogP contribution in [-0.4, -0.2) is 28.7 Å². The van der Waals surface area contributed by atoms with Crippen LogP contribution in [0.2, 0.25) is 0 Å². The summed E-state index contributed by atoms with van der Waals surface area (Å²) < 4.78 is 5.11. The molecule has 6 heteroatoms. The monoisotopic (exact) mass is 265 g/mol. The van der Waals surface area contributed by atoms with Crippen molar-refractivity contribution >= 4 is 17.2 Å². The van der Waals surface area contributed by atoms with E-state index in [1.165, 1.54) is 6.33 Å². The average Bonchev–Trinajstić information content (AvgIpc) is 2.91. The number of methoxy groups -OCH3 is 1. The van der Waals surface area contributed by atoms with Gasteiger partial charge in [0.2, 0.25) is 5.88 Å². The van der Waals surface area contributed by atoms with E-state index in [4.69, 9.17) is 4.74 Å². The molecule has 2 rings (SSSR count). The van der Waals surface area contributed by atoms with Gasteiger partial charge in [-0.2, -0.15) is 11.3 Å². The summed E-state index contributed by atoms with van der Waals surface area (Å²) in [7, 11) is 1.57. The minimum Gasteiger partial charge on any atom is -0.481 e. The zero-order valence-electron chi connectivity index (χ0n) is 10.3. The summed E-state index contributed by atoms with van der Waals surface area (Å²) in [6, 6.07) is 1.91. The molecule has 96 valence electrons. The number of hydrogen-bond donors (Lipinski definition) is 2. The predicted molar refractivity (Wildman–Crippen MR) is 71.1 cm³/mol. The van der Waals surface area contributed by atoms with Gasteiger partial charge in [0.05, 0.1) is 18.8 Å². The molecule has 0 radical (unpaired) electrons. The number of rotatable bonds is 5. The van der Waals surface area contributed by atoms with Gasteiger partial charge in [0.15, 0.2) is 0 Å². The van der Waals surface area contributed by atoms with E-state index >= 15 is 0 Å². The largest absolute Gasteiger partial charge is 0.481 e. The van der Waals surface area contributed by atoms with E-state index in [-0.39, 0.29) is 0 Å². The van der Waals surface area contributed by atoms with Crippen molar-refractivity contribution in [2.75, 3.05) is 19.0 Å². The maximum atomic E-state index is 9.96. The minimum atomic E-state index is -0.545. The molecule has 2 N–H and O–H groups in total. The molecular formula is C12H15N3O2S. The number of anilines is 1. The fourth-order valence-corrected chi connectivity index (χ4v) is 2.30. The Bertz CT molecular complexity index is 502. The number of nitrogens with one attached hydrogen (secondary N) is 1. The summed E-state index contributed by atoms with van der Waals surface area (Å²) in [6.07, 6.45) is 0.891. The molecule has 1 atom stereocenters. The van der Waals surface area contributed by atoms with Crippen LogP contribution in [0.1, 0.15) is 17.2 Å². The molecule has 1 unspecified atom stereocenters. The normalized spacial score (nSPS) is 12.2. The Hall–Kier alpha value is -1.66. The molecule has 0 aliphatic heterocycles. The molecular weight excluding hydrogens is 250 g/mol. The topological polar surface area (TPSA) is 67.3 Å².